The molecule has 1 saturated heterocycles. The van der Waals surface area contributed by atoms with Gasteiger partial charge in [-0.25, -0.2) is 9.18 Å². The minimum absolute atomic E-state index is 0.295. The molecule has 0 bridgehead atoms. The van der Waals surface area contributed by atoms with E-state index in [0.717, 1.165) is 29.7 Å². The van der Waals surface area contributed by atoms with Crippen molar-refractivity contribution in [2.45, 2.75) is 19.1 Å². The second kappa shape index (κ2) is 7.63. The molecule has 1 atom stereocenters. The van der Waals surface area contributed by atoms with Gasteiger partial charge in [0, 0.05) is 25.2 Å². The molecule has 0 aliphatic carbocycles. The zero-order valence-corrected chi connectivity index (χ0v) is 13.7. The van der Waals surface area contributed by atoms with Crippen LogP contribution in [0.3, 0.4) is 0 Å². The van der Waals surface area contributed by atoms with Crippen molar-refractivity contribution in [3.05, 3.63) is 53.8 Å². The molecular weight excluding hydrogens is 325 g/mol. The maximum Gasteiger partial charge on any atom is 0.341 e. The van der Waals surface area contributed by atoms with Gasteiger partial charge in [0.1, 0.15) is 11.6 Å². The number of carbonyl (C=O) groups is 1. The Balaban J connectivity index is 1.87. The summed E-state index contributed by atoms with van der Waals surface area (Å²) in [6.07, 6.45) is 0.395. The van der Waals surface area contributed by atoms with Gasteiger partial charge in [0.25, 0.3) is 0 Å². The van der Waals surface area contributed by atoms with Gasteiger partial charge >= 0.3 is 5.97 Å². The monoisotopic (exact) mass is 345 g/mol. The Kier molecular flexibility index (Phi) is 5.31. The maximum atomic E-state index is 13.1. The van der Waals surface area contributed by atoms with Crippen LogP contribution in [0.25, 0.3) is 11.1 Å². The third kappa shape index (κ3) is 4.55. The third-order valence-corrected chi connectivity index (χ3v) is 4.23. The molecule has 0 amide bonds. The topological polar surface area (TPSA) is 70.0 Å². The Bertz CT molecular complexity index is 748. The first kappa shape index (κ1) is 17.4. The van der Waals surface area contributed by atoms with Crippen LogP contribution in [0.4, 0.5) is 4.39 Å². The summed E-state index contributed by atoms with van der Waals surface area (Å²) in [7, 11) is 0. The average Bonchev–Trinajstić information content (AvgIpc) is 2.99. The highest BCUT2D eigenvalue weighted by Gasteiger charge is 2.21. The van der Waals surface area contributed by atoms with Crippen molar-refractivity contribution in [2.75, 3.05) is 19.7 Å². The summed E-state index contributed by atoms with van der Waals surface area (Å²) in [4.78, 5) is 12.9. The zero-order valence-electron chi connectivity index (χ0n) is 13.7. The molecule has 1 heterocycles. The van der Waals surface area contributed by atoms with E-state index in [-0.39, 0.29) is 11.9 Å². The van der Waals surface area contributed by atoms with Crippen molar-refractivity contribution in [2.24, 2.45) is 0 Å². The smallest absolute Gasteiger partial charge is 0.341 e. The molecule has 2 aromatic rings. The van der Waals surface area contributed by atoms with E-state index in [1.165, 1.54) is 12.1 Å². The molecular formula is C19H20FNO4. The second-order valence-electron chi connectivity index (χ2n) is 6.19. The fraction of sp³-hybridized carbons (Fsp3) is 0.316. The van der Waals surface area contributed by atoms with E-state index in [9.17, 15) is 14.3 Å². The number of ether oxygens (including phenoxy) is 1. The van der Waals surface area contributed by atoms with Gasteiger partial charge in [0.05, 0.1) is 6.10 Å². The summed E-state index contributed by atoms with van der Waals surface area (Å²) in [5.41, 5.74) is 2.61. The number of benzene rings is 2. The van der Waals surface area contributed by atoms with E-state index in [4.69, 9.17) is 9.84 Å². The van der Waals surface area contributed by atoms with Crippen LogP contribution in [-0.2, 0) is 11.3 Å². The molecule has 2 aromatic carbocycles. The van der Waals surface area contributed by atoms with Crippen molar-refractivity contribution in [1.29, 1.82) is 0 Å². The summed E-state index contributed by atoms with van der Waals surface area (Å²) in [6, 6.07) is 11.7. The van der Waals surface area contributed by atoms with Gasteiger partial charge in [-0.3, -0.25) is 4.90 Å². The minimum atomic E-state index is -1.04. The van der Waals surface area contributed by atoms with Gasteiger partial charge in [-0.15, -0.1) is 0 Å². The van der Waals surface area contributed by atoms with Gasteiger partial charge in [0.15, 0.2) is 6.61 Å². The molecule has 132 valence electrons. The van der Waals surface area contributed by atoms with Crippen LogP contribution < -0.4 is 4.74 Å². The van der Waals surface area contributed by atoms with E-state index >= 15 is 0 Å². The lowest BCUT2D eigenvalue weighted by molar-refractivity contribution is -0.139. The Morgan fingerprint density at radius 3 is 2.56 bits per heavy atom. The van der Waals surface area contributed by atoms with Gasteiger partial charge in [-0.2, -0.15) is 0 Å². The van der Waals surface area contributed by atoms with E-state index in [2.05, 4.69) is 4.90 Å². The molecule has 25 heavy (non-hydrogen) atoms. The summed E-state index contributed by atoms with van der Waals surface area (Å²) in [5.74, 6) is -0.823. The summed E-state index contributed by atoms with van der Waals surface area (Å²) < 4.78 is 18.5. The quantitative estimate of drug-likeness (QED) is 0.842. The lowest BCUT2D eigenvalue weighted by atomic mass is 10.0. The van der Waals surface area contributed by atoms with E-state index < -0.39 is 12.6 Å². The Hall–Kier alpha value is -2.44. The molecule has 0 aromatic heterocycles. The van der Waals surface area contributed by atoms with Crippen LogP contribution in [0.2, 0.25) is 0 Å². The molecule has 1 fully saturated rings. The number of β-amino-alcohol motifs (C(OH)–C–C–N with tert-alkyl or cyclic N) is 1. The van der Waals surface area contributed by atoms with Crippen LogP contribution in [-0.4, -0.2) is 46.9 Å². The number of aliphatic carboxylic acids is 1. The third-order valence-electron chi connectivity index (χ3n) is 4.23. The van der Waals surface area contributed by atoms with Crippen molar-refractivity contribution < 1.29 is 24.1 Å². The summed E-state index contributed by atoms with van der Waals surface area (Å²) in [5, 5.41) is 18.5. The first-order chi connectivity index (χ1) is 12.0. The fourth-order valence-corrected chi connectivity index (χ4v) is 3.00. The molecule has 0 spiro atoms. The van der Waals surface area contributed by atoms with Crippen LogP contribution >= 0.6 is 0 Å². The number of hydrogen-bond donors (Lipinski definition) is 2. The molecule has 6 heteroatoms. The predicted octanol–water partition coefficient (Wildman–Crippen LogP) is 2.52. The van der Waals surface area contributed by atoms with Crippen molar-refractivity contribution in [3.63, 3.8) is 0 Å². The molecule has 3 rings (SSSR count). The standard InChI is InChI=1S/C19H20FNO4/c20-16-4-1-13(2-5-16)14-3-6-18(25-12-19(23)24)15(9-14)10-21-8-7-17(22)11-21/h1-6,9,17,22H,7-8,10-12H2,(H,23,24)/t17-/m1/s1. The minimum Gasteiger partial charge on any atom is -0.482 e. The predicted molar refractivity (Wildman–Crippen MR) is 90.9 cm³/mol. The second-order valence-corrected chi connectivity index (χ2v) is 6.19. The number of aliphatic hydroxyl groups is 1. The SMILES string of the molecule is O=C(O)COc1ccc(-c2ccc(F)cc2)cc1CN1CC[C@@H](O)C1. The normalized spacial score (nSPS) is 17.6. The van der Waals surface area contributed by atoms with Gasteiger partial charge in [-0.1, -0.05) is 18.2 Å². The van der Waals surface area contributed by atoms with Gasteiger partial charge in [0.2, 0.25) is 0 Å². The van der Waals surface area contributed by atoms with Crippen molar-refractivity contribution >= 4 is 5.97 Å². The molecule has 0 radical (unpaired) electrons. The first-order valence-corrected chi connectivity index (χ1v) is 8.15. The number of likely N-dealkylation sites (tertiary alicyclic amines) is 1. The fourth-order valence-electron chi connectivity index (χ4n) is 3.00. The van der Waals surface area contributed by atoms with Crippen LogP contribution in [0, 0.1) is 5.82 Å². The highest BCUT2D eigenvalue weighted by Crippen LogP contribution is 2.29. The highest BCUT2D eigenvalue weighted by molar-refractivity contribution is 5.69. The molecule has 5 nitrogen and oxygen atoms in total. The number of hydrogen-bond acceptors (Lipinski definition) is 4. The van der Waals surface area contributed by atoms with E-state index in [1.807, 2.05) is 12.1 Å². The Labute approximate surface area is 145 Å². The van der Waals surface area contributed by atoms with Gasteiger partial charge in [-0.05, 0) is 41.8 Å². The molecule has 1 aliphatic rings. The lowest BCUT2D eigenvalue weighted by Gasteiger charge is -2.18. The molecule has 1 aliphatic heterocycles. The number of carboxylic acids is 1. The molecule has 0 saturated carbocycles. The van der Waals surface area contributed by atoms with E-state index in [0.29, 0.717) is 18.8 Å². The van der Waals surface area contributed by atoms with Crippen LogP contribution in [0.5, 0.6) is 5.75 Å². The molecule has 0 unspecified atom stereocenters. The number of aliphatic hydroxyl groups excluding tert-OH is 1. The maximum absolute atomic E-state index is 13.1. The van der Waals surface area contributed by atoms with Crippen molar-refractivity contribution in [3.8, 4) is 16.9 Å². The first-order valence-electron chi connectivity index (χ1n) is 8.15. The molecule has 2 N–H and O–H groups in total. The highest BCUT2D eigenvalue weighted by atomic mass is 19.1. The Morgan fingerprint density at radius 2 is 1.92 bits per heavy atom. The zero-order chi connectivity index (χ0) is 17.8. The summed E-state index contributed by atoms with van der Waals surface area (Å²) >= 11 is 0. The van der Waals surface area contributed by atoms with Crippen molar-refractivity contribution in [1.82, 2.24) is 4.90 Å². The number of rotatable bonds is 6. The number of carboxylic acid groups (broad SMARTS) is 1. The summed E-state index contributed by atoms with van der Waals surface area (Å²) in [6.45, 7) is 1.51. The van der Waals surface area contributed by atoms with Gasteiger partial charge < -0.3 is 14.9 Å². The lowest BCUT2D eigenvalue weighted by Crippen LogP contribution is -2.22. The number of halogens is 1. The van der Waals surface area contributed by atoms with Crippen LogP contribution in [0.1, 0.15) is 12.0 Å². The Morgan fingerprint density at radius 1 is 1.20 bits per heavy atom. The average molecular weight is 345 g/mol. The van der Waals surface area contributed by atoms with E-state index in [1.54, 1.807) is 18.2 Å². The largest absolute Gasteiger partial charge is 0.482 e. The van der Waals surface area contributed by atoms with Crippen LogP contribution in [0.15, 0.2) is 42.5 Å². The number of nitrogens with zero attached hydrogens (tertiary/aromatic N) is 1.